The number of carboxylic acid groups (broad SMARTS) is 2. The van der Waals surface area contributed by atoms with Gasteiger partial charge in [-0.25, -0.2) is 9.59 Å². The highest BCUT2D eigenvalue weighted by atomic mass is 16.6. The molecule has 3 N–H and O–H groups in total. The molecule has 0 heterocycles. The minimum Gasteiger partial charge on any atom is -0.481 e. The Kier molecular flexibility index (Phi) is 3.05. The molecule has 0 bridgehead atoms. The van der Waals surface area contributed by atoms with Crippen LogP contribution in [0.15, 0.2) is 0 Å². The summed E-state index contributed by atoms with van der Waals surface area (Å²) in [4.78, 5) is 33.1. The third-order valence-corrected chi connectivity index (χ3v) is 2.36. The average Bonchev–Trinajstić information content (AvgIpc) is 2.76. The van der Waals surface area contributed by atoms with Crippen LogP contribution in [-0.4, -0.2) is 39.4 Å². The first-order valence-electron chi connectivity index (χ1n) is 5.06. The molecule has 1 saturated carbocycles. The van der Waals surface area contributed by atoms with Crippen molar-refractivity contribution in [1.29, 1.82) is 0 Å². The molecule has 0 spiro atoms. The van der Waals surface area contributed by atoms with Crippen LogP contribution in [0.4, 0.5) is 4.79 Å². The standard InChI is InChI=1S/C10H15NO6/c1-9(2,3)17-8(16)11-10(7(14)15)4-5(10)6(12)13/h5H,4H2,1-3H3,(H,11,16)(H,12,13)(H,14,15)/t5-,10+/m1/s1. The molecule has 17 heavy (non-hydrogen) atoms. The van der Waals surface area contributed by atoms with Gasteiger partial charge in [0.25, 0.3) is 0 Å². The first kappa shape index (κ1) is 13.3. The molecule has 1 fully saturated rings. The van der Waals surface area contributed by atoms with Crippen LogP contribution in [-0.2, 0) is 14.3 Å². The molecule has 0 radical (unpaired) electrons. The molecule has 0 aromatic carbocycles. The second kappa shape index (κ2) is 3.90. The lowest BCUT2D eigenvalue weighted by Gasteiger charge is -2.22. The van der Waals surface area contributed by atoms with Crippen LogP contribution in [0.25, 0.3) is 0 Å². The summed E-state index contributed by atoms with van der Waals surface area (Å²) >= 11 is 0. The van der Waals surface area contributed by atoms with Gasteiger partial charge in [0.15, 0.2) is 5.54 Å². The van der Waals surface area contributed by atoms with Gasteiger partial charge in [-0.1, -0.05) is 0 Å². The third-order valence-electron chi connectivity index (χ3n) is 2.36. The molecule has 96 valence electrons. The Bertz CT molecular complexity index is 371. The van der Waals surface area contributed by atoms with Crippen molar-refractivity contribution in [3.05, 3.63) is 0 Å². The fourth-order valence-corrected chi connectivity index (χ4v) is 1.47. The minimum atomic E-state index is -1.73. The number of aliphatic carboxylic acids is 2. The fourth-order valence-electron chi connectivity index (χ4n) is 1.47. The molecule has 0 aliphatic heterocycles. The summed E-state index contributed by atoms with van der Waals surface area (Å²) in [6, 6.07) is 0. The lowest BCUT2D eigenvalue weighted by Crippen LogP contribution is -2.47. The number of rotatable bonds is 3. The summed E-state index contributed by atoms with van der Waals surface area (Å²) in [7, 11) is 0. The highest BCUT2D eigenvalue weighted by Crippen LogP contribution is 2.44. The van der Waals surface area contributed by atoms with E-state index in [-0.39, 0.29) is 6.42 Å². The maximum Gasteiger partial charge on any atom is 0.408 e. The zero-order chi connectivity index (χ0) is 13.4. The molecule has 0 unspecified atom stereocenters. The van der Waals surface area contributed by atoms with E-state index in [0.29, 0.717) is 0 Å². The highest BCUT2D eigenvalue weighted by Gasteiger charge is 2.66. The van der Waals surface area contributed by atoms with Gasteiger partial charge < -0.3 is 20.3 Å². The largest absolute Gasteiger partial charge is 0.481 e. The van der Waals surface area contributed by atoms with Crippen molar-refractivity contribution >= 4 is 18.0 Å². The zero-order valence-electron chi connectivity index (χ0n) is 9.81. The second-order valence-corrected chi connectivity index (χ2v) is 5.00. The van der Waals surface area contributed by atoms with Crippen LogP contribution in [0, 0.1) is 5.92 Å². The van der Waals surface area contributed by atoms with Crippen LogP contribution < -0.4 is 5.32 Å². The average molecular weight is 245 g/mol. The van der Waals surface area contributed by atoms with Crippen molar-refractivity contribution in [3.63, 3.8) is 0 Å². The number of hydrogen-bond donors (Lipinski definition) is 3. The van der Waals surface area contributed by atoms with Gasteiger partial charge in [0.05, 0.1) is 5.92 Å². The number of carboxylic acids is 2. The Hall–Kier alpha value is -1.79. The molecule has 7 heteroatoms. The Morgan fingerprint density at radius 2 is 1.82 bits per heavy atom. The molecule has 0 aromatic heterocycles. The molecule has 1 aliphatic rings. The predicted molar refractivity (Wildman–Crippen MR) is 55.5 cm³/mol. The molecular weight excluding hydrogens is 230 g/mol. The van der Waals surface area contributed by atoms with Crippen molar-refractivity contribution in [3.8, 4) is 0 Å². The Balaban J connectivity index is 2.69. The molecule has 2 atom stereocenters. The summed E-state index contributed by atoms with van der Waals surface area (Å²) in [6.07, 6.45) is -1.06. The van der Waals surface area contributed by atoms with Gasteiger partial charge in [-0.2, -0.15) is 0 Å². The summed E-state index contributed by atoms with van der Waals surface area (Å²) in [5, 5.41) is 19.8. The molecule has 7 nitrogen and oxygen atoms in total. The number of alkyl carbamates (subject to hydrolysis) is 1. The van der Waals surface area contributed by atoms with Crippen LogP contribution in [0.1, 0.15) is 27.2 Å². The number of carbonyl (C=O) groups excluding carboxylic acids is 1. The van der Waals surface area contributed by atoms with Crippen molar-refractivity contribution in [2.45, 2.75) is 38.3 Å². The fraction of sp³-hybridized carbons (Fsp3) is 0.700. The van der Waals surface area contributed by atoms with E-state index in [2.05, 4.69) is 5.32 Å². The molecule has 1 rings (SSSR count). The number of nitrogens with one attached hydrogen (secondary N) is 1. The number of hydrogen-bond acceptors (Lipinski definition) is 4. The summed E-state index contributed by atoms with van der Waals surface area (Å²) in [5.74, 6) is -3.72. The minimum absolute atomic E-state index is 0.128. The van der Waals surface area contributed by atoms with E-state index in [1.807, 2.05) is 0 Å². The zero-order valence-corrected chi connectivity index (χ0v) is 9.81. The second-order valence-electron chi connectivity index (χ2n) is 5.00. The Morgan fingerprint density at radius 1 is 1.29 bits per heavy atom. The van der Waals surface area contributed by atoms with Gasteiger partial charge in [-0.3, -0.25) is 4.79 Å². The summed E-state index contributed by atoms with van der Waals surface area (Å²) in [6.45, 7) is 4.88. The lowest BCUT2D eigenvalue weighted by molar-refractivity contribution is -0.146. The van der Waals surface area contributed by atoms with Gasteiger partial charge in [-0.15, -0.1) is 0 Å². The van der Waals surface area contributed by atoms with Crippen LogP contribution in [0.3, 0.4) is 0 Å². The third kappa shape index (κ3) is 2.86. The van der Waals surface area contributed by atoms with E-state index in [4.69, 9.17) is 14.9 Å². The number of ether oxygens (including phenoxy) is 1. The van der Waals surface area contributed by atoms with Gasteiger partial charge in [0.2, 0.25) is 0 Å². The summed E-state index contributed by atoms with van der Waals surface area (Å²) in [5.41, 5.74) is -2.49. The smallest absolute Gasteiger partial charge is 0.408 e. The maximum atomic E-state index is 11.4. The Labute approximate surface area is 97.8 Å². The van der Waals surface area contributed by atoms with Gasteiger partial charge in [0.1, 0.15) is 5.60 Å². The maximum absolute atomic E-state index is 11.4. The highest BCUT2D eigenvalue weighted by molar-refractivity contribution is 5.96. The monoisotopic (exact) mass is 245 g/mol. The predicted octanol–water partition coefficient (Wildman–Crippen LogP) is 0.439. The number of carbonyl (C=O) groups is 3. The lowest BCUT2D eigenvalue weighted by atomic mass is 10.2. The van der Waals surface area contributed by atoms with Crippen molar-refractivity contribution in [1.82, 2.24) is 5.32 Å². The molecule has 0 aromatic rings. The van der Waals surface area contributed by atoms with Crippen LogP contribution >= 0.6 is 0 Å². The van der Waals surface area contributed by atoms with E-state index >= 15 is 0 Å². The van der Waals surface area contributed by atoms with E-state index < -0.39 is 35.1 Å². The normalized spacial score (nSPS) is 27.1. The topological polar surface area (TPSA) is 113 Å². The van der Waals surface area contributed by atoms with Gasteiger partial charge in [0, 0.05) is 0 Å². The van der Waals surface area contributed by atoms with Crippen molar-refractivity contribution < 1.29 is 29.3 Å². The van der Waals surface area contributed by atoms with E-state index in [0.717, 1.165) is 0 Å². The van der Waals surface area contributed by atoms with Gasteiger partial charge in [-0.05, 0) is 27.2 Å². The van der Waals surface area contributed by atoms with Crippen molar-refractivity contribution in [2.24, 2.45) is 5.92 Å². The molecule has 1 aliphatic carbocycles. The van der Waals surface area contributed by atoms with Crippen LogP contribution in [0.5, 0.6) is 0 Å². The van der Waals surface area contributed by atoms with E-state index in [9.17, 15) is 14.4 Å². The number of amides is 1. The quantitative estimate of drug-likeness (QED) is 0.664. The SMILES string of the molecule is CC(C)(C)OC(=O)N[C@@]1(C(=O)O)C[C@@H]1C(=O)O. The molecular formula is C10H15NO6. The van der Waals surface area contributed by atoms with Gasteiger partial charge >= 0.3 is 18.0 Å². The van der Waals surface area contributed by atoms with Crippen LogP contribution in [0.2, 0.25) is 0 Å². The first-order chi connectivity index (χ1) is 7.58. The molecule has 0 saturated heterocycles. The summed E-state index contributed by atoms with van der Waals surface area (Å²) < 4.78 is 4.89. The van der Waals surface area contributed by atoms with E-state index in [1.165, 1.54) is 0 Å². The molecule has 1 amide bonds. The Morgan fingerprint density at radius 3 is 2.12 bits per heavy atom. The first-order valence-corrected chi connectivity index (χ1v) is 5.06. The van der Waals surface area contributed by atoms with Crippen molar-refractivity contribution in [2.75, 3.05) is 0 Å². The van der Waals surface area contributed by atoms with E-state index in [1.54, 1.807) is 20.8 Å².